The summed E-state index contributed by atoms with van der Waals surface area (Å²) in [6.45, 7) is 4.23. The van der Waals surface area contributed by atoms with Crippen molar-refractivity contribution in [3.05, 3.63) is 41.1 Å². The number of amides is 1. The molecule has 4 N–H and O–H groups in total. The lowest BCUT2D eigenvalue weighted by Gasteiger charge is -2.30. The number of hydrogen-bond donors (Lipinski definition) is 4. The predicted octanol–water partition coefficient (Wildman–Crippen LogP) is 1.32. The molecule has 1 aliphatic heterocycles. The minimum Gasteiger partial charge on any atom is -0.508 e. The van der Waals surface area contributed by atoms with Gasteiger partial charge in [-0.15, -0.1) is 0 Å². The first-order valence-electron chi connectivity index (χ1n) is 6.38. The van der Waals surface area contributed by atoms with Crippen LogP contribution in [0.15, 0.2) is 35.5 Å². The summed E-state index contributed by atoms with van der Waals surface area (Å²) in [7, 11) is 0. The van der Waals surface area contributed by atoms with E-state index in [4.69, 9.17) is 12.2 Å². The number of nitrogens with one attached hydrogen (secondary N) is 3. The van der Waals surface area contributed by atoms with E-state index in [0.717, 1.165) is 5.56 Å². The molecule has 0 radical (unpaired) electrons. The molecule has 0 saturated heterocycles. The fraction of sp³-hybridized carbons (Fsp3) is 0.286. The first-order valence-corrected chi connectivity index (χ1v) is 6.79. The first-order chi connectivity index (χ1) is 9.52. The third-order valence-electron chi connectivity index (χ3n) is 3.05. The van der Waals surface area contributed by atoms with Crippen LogP contribution in [0.2, 0.25) is 0 Å². The molecule has 1 atom stereocenters. The molecule has 0 spiro atoms. The Morgan fingerprint density at radius 1 is 1.50 bits per heavy atom. The van der Waals surface area contributed by atoms with Crippen molar-refractivity contribution in [2.24, 2.45) is 0 Å². The van der Waals surface area contributed by atoms with Gasteiger partial charge in [0.05, 0.1) is 11.6 Å². The molecule has 0 aliphatic carbocycles. The zero-order valence-electron chi connectivity index (χ0n) is 11.4. The van der Waals surface area contributed by atoms with E-state index < -0.39 is 0 Å². The Balaban J connectivity index is 2.44. The van der Waals surface area contributed by atoms with Gasteiger partial charge in [-0.1, -0.05) is 12.1 Å². The highest BCUT2D eigenvalue weighted by molar-refractivity contribution is 7.80. The largest absolute Gasteiger partial charge is 0.508 e. The normalized spacial score (nSPS) is 18.3. The number of phenolic OH excluding ortho intramolecular Hbond substituents is 1. The van der Waals surface area contributed by atoms with Crippen LogP contribution in [0.25, 0.3) is 0 Å². The maximum absolute atomic E-state index is 12.2. The van der Waals surface area contributed by atoms with E-state index in [1.165, 1.54) is 0 Å². The van der Waals surface area contributed by atoms with Gasteiger partial charge in [0.1, 0.15) is 5.75 Å². The van der Waals surface area contributed by atoms with Crippen LogP contribution < -0.4 is 16.0 Å². The van der Waals surface area contributed by atoms with Gasteiger partial charge in [-0.25, -0.2) is 0 Å². The molecule has 1 aliphatic rings. The van der Waals surface area contributed by atoms with Crippen molar-refractivity contribution in [3.63, 3.8) is 0 Å². The van der Waals surface area contributed by atoms with Crippen LogP contribution in [0.1, 0.15) is 25.5 Å². The molecule has 2 rings (SSSR count). The van der Waals surface area contributed by atoms with E-state index in [-0.39, 0.29) is 17.7 Å². The number of hydrogen-bond acceptors (Lipinski definition) is 3. The second-order valence-electron chi connectivity index (χ2n) is 4.52. The van der Waals surface area contributed by atoms with Crippen LogP contribution >= 0.6 is 12.2 Å². The Bertz CT molecular complexity index is 584. The fourth-order valence-corrected chi connectivity index (χ4v) is 2.48. The summed E-state index contributed by atoms with van der Waals surface area (Å²) in [5, 5.41) is 18.9. The molecule has 1 aromatic rings. The Kier molecular flexibility index (Phi) is 4.24. The Labute approximate surface area is 123 Å². The molecule has 1 unspecified atom stereocenters. The SMILES string of the molecule is CCNC(=O)C1=C(C)NC(=S)NC1c1cccc(O)c1. The lowest BCUT2D eigenvalue weighted by atomic mass is 9.95. The maximum atomic E-state index is 12.2. The van der Waals surface area contributed by atoms with Gasteiger partial charge in [0.2, 0.25) is 0 Å². The number of carbonyl (C=O) groups excluding carboxylic acids is 1. The summed E-state index contributed by atoms with van der Waals surface area (Å²) < 4.78 is 0. The number of phenols is 1. The minimum absolute atomic E-state index is 0.152. The molecule has 0 fully saturated rings. The molecular formula is C14H17N3O2S. The molecule has 0 aromatic heterocycles. The van der Waals surface area contributed by atoms with Crippen molar-refractivity contribution in [2.75, 3.05) is 6.54 Å². The van der Waals surface area contributed by atoms with Crippen molar-refractivity contribution in [2.45, 2.75) is 19.9 Å². The summed E-state index contributed by atoms with van der Waals surface area (Å²) in [5.74, 6) is 0.00231. The van der Waals surface area contributed by atoms with Gasteiger partial charge in [0.25, 0.3) is 5.91 Å². The summed E-state index contributed by atoms with van der Waals surface area (Å²) in [5.41, 5.74) is 2.08. The highest BCUT2D eigenvalue weighted by Gasteiger charge is 2.29. The van der Waals surface area contributed by atoms with E-state index in [1.54, 1.807) is 18.2 Å². The minimum atomic E-state index is -0.373. The van der Waals surface area contributed by atoms with Gasteiger partial charge in [-0.3, -0.25) is 4.79 Å². The summed E-state index contributed by atoms with van der Waals surface area (Å²) in [6, 6.07) is 6.42. The topological polar surface area (TPSA) is 73.4 Å². The molecule has 0 saturated carbocycles. The average molecular weight is 291 g/mol. The molecular weight excluding hydrogens is 274 g/mol. The number of thiocarbonyl (C=S) groups is 1. The highest BCUT2D eigenvalue weighted by Crippen LogP contribution is 2.28. The van der Waals surface area contributed by atoms with Gasteiger partial charge < -0.3 is 21.1 Å². The van der Waals surface area contributed by atoms with Crippen LogP contribution in [0.5, 0.6) is 5.75 Å². The summed E-state index contributed by atoms with van der Waals surface area (Å²) in [4.78, 5) is 12.2. The van der Waals surface area contributed by atoms with Crippen LogP contribution in [0.3, 0.4) is 0 Å². The predicted molar refractivity (Wildman–Crippen MR) is 81.1 cm³/mol. The van der Waals surface area contributed by atoms with E-state index in [0.29, 0.717) is 22.9 Å². The molecule has 1 amide bonds. The molecule has 1 heterocycles. The highest BCUT2D eigenvalue weighted by atomic mass is 32.1. The number of carbonyl (C=O) groups is 1. The van der Waals surface area contributed by atoms with Gasteiger partial charge in [-0.05, 0) is 43.8 Å². The average Bonchev–Trinajstić information content (AvgIpc) is 2.37. The van der Waals surface area contributed by atoms with E-state index in [1.807, 2.05) is 19.9 Å². The van der Waals surface area contributed by atoms with Gasteiger partial charge in [0.15, 0.2) is 5.11 Å². The molecule has 6 heteroatoms. The van der Waals surface area contributed by atoms with Crippen molar-refractivity contribution in [1.29, 1.82) is 0 Å². The molecule has 20 heavy (non-hydrogen) atoms. The van der Waals surface area contributed by atoms with Crippen molar-refractivity contribution >= 4 is 23.2 Å². The van der Waals surface area contributed by atoms with Crippen LogP contribution in [0.4, 0.5) is 0 Å². The number of rotatable bonds is 3. The Hall–Kier alpha value is -2.08. The van der Waals surface area contributed by atoms with Crippen LogP contribution in [0, 0.1) is 0 Å². The molecule has 0 bridgehead atoms. The van der Waals surface area contributed by atoms with E-state index >= 15 is 0 Å². The second kappa shape index (κ2) is 5.92. The molecule has 1 aromatic carbocycles. The first kappa shape index (κ1) is 14.3. The van der Waals surface area contributed by atoms with Crippen molar-refractivity contribution in [1.82, 2.24) is 16.0 Å². The van der Waals surface area contributed by atoms with Crippen LogP contribution in [-0.2, 0) is 4.79 Å². The maximum Gasteiger partial charge on any atom is 0.251 e. The third kappa shape index (κ3) is 2.91. The number of benzene rings is 1. The molecule has 5 nitrogen and oxygen atoms in total. The number of allylic oxidation sites excluding steroid dienone is 1. The van der Waals surface area contributed by atoms with Crippen LogP contribution in [-0.4, -0.2) is 22.7 Å². The van der Waals surface area contributed by atoms with Gasteiger partial charge >= 0.3 is 0 Å². The Morgan fingerprint density at radius 2 is 2.25 bits per heavy atom. The second-order valence-corrected chi connectivity index (χ2v) is 4.93. The smallest absolute Gasteiger partial charge is 0.251 e. The quantitative estimate of drug-likeness (QED) is 0.632. The monoisotopic (exact) mass is 291 g/mol. The third-order valence-corrected chi connectivity index (χ3v) is 3.27. The summed E-state index contributed by atoms with van der Waals surface area (Å²) >= 11 is 5.15. The standard InChI is InChI=1S/C14H17N3O2S/c1-3-15-13(19)11-8(2)16-14(20)17-12(11)9-5-4-6-10(18)7-9/h4-7,12,18H,3H2,1-2H3,(H,15,19)(H2,16,17,20). The summed E-state index contributed by atoms with van der Waals surface area (Å²) in [6.07, 6.45) is 0. The Morgan fingerprint density at radius 3 is 2.90 bits per heavy atom. The zero-order valence-corrected chi connectivity index (χ0v) is 12.2. The van der Waals surface area contributed by atoms with E-state index in [9.17, 15) is 9.90 Å². The number of aromatic hydroxyl groups is 1. The lowest BCUT2D eigenvalue weighted by Crippen LogP contribution is -2.46. The van der Waals surface area contributed by atoms with Crippen molar-refractivity contribution < 1.29 is 9.90 Å². The van der Waals surface area contributed by atoms with Gasteiger partial charge in [-0.2, -0.15) is 0 Å². The fourth-order valence-electron chi connectivity index (χ4n) is 2.21. The van der Waals surface area contributed by atoms with Gasteiger partial charge in [0, 0.05) is 12.2 Å². The lowest BCUT2D eigenvalue weighted by molar-refractivity contribution is -0.117. The van der Waals surface area contributed by atoms with E-state index in [2.05, 4.69) is 16.0 Å². The molecule has 106 valence electrons. The number of likely N-dealkylation sites (N-methyl/N-ethyl adjacent to an activating group) is 1. The van der Waals surface area contributed by atoms with Crippen molar-refractivity contribution in [3.8, 4) is 5.75 Å². The zero-order chi connectivity index (χ0) is 14.7.